The maximum Gasteiger partial charge on any atom is 0.311 e. The van der Waals surface area contributed by atoms with Crippen molar-refractivity contribution in [3.63, 3.8) is 0 Å². The van der Waals surface area contributed by atoms with Gasteiger partial charge in [0.25, 0.3) is 0 Å². The summed E-state index contributed by atoms with van der Waals surface area (Å²) in [6, 6.07) is 18.9. The fraction of sp³-hybridized carbons (Fsp3) is 0.310. The standard InChI is InChI=1S/C29H28O9/c1-16(30)37-26-23(27(31)32)24(17-8-6-5-7-9-17)29(18-10-12-19(34-2)13-11-18)28(26,33)25-21(36-4)14-20(35-3)15-22(25)38-29/h5-15,23-24,26,33H,1-4H3,(H,31,32)/t23-,24-,26-,28+,29+/m1/s1. The molecule has 1 heterocycles. The fourth-order valence-corrected chi connectivity index (χ4v) is 6.09. The van der Waals surface area contributed by atoms with E-state index in [2.05, 4.69) is 0 Å². The van der Waals surface area contributed by atoms with Crippen molar-refractivity contribution in [1.82, 2.24) is 0 Å². The molecule has 1 saturated carbocycles. The van der Waals surface area contributed by atoms with Crippen molar-refractivity contribution < 1.29 is 43.5 Å². The molecule has 3 aromatic rings. The molecule has 9 nitrogen and oxygen atoms in total. The van der Waals surface area contributed by atoms with Crippen LogP contribution in [0.3, 0.4) is 0 Å². The van der Waals surface area contributed by atoms with Gasteiger partial charge in [0.05, 0.1) is 26.9 Å². The monoisotopic (exact) mass is 520 g/mol. The Morgan fingerprint density at radius 3 is 2.11 bits per heavy atom. The lowest BCUT2D eigenvalue weighted by Crippen LogP contribution is -2.53. The van der Waals surface area contributed by atoms with Crippen LogP contribution in [0.2, 0.25) is 0 Å². The van der Waals surface area contributed by atoms with Gasteiger partial charge in [-0.15, -0.1) is 0 Å². The SMILES string of the molecule is COc1ccc([C@@]23Oc4cc(OC)cc(OC)c4[C@]2(O)[C@H](OC(C)=O)[C@H](C(=O)O)[C@H]3c2ccccc2)cc1. The number of esters is 1. The van der Waals surface area contributed by atoms with E-state index in [9.17, 15) is 19.8 Å². The van der Waals surface area contributed by atoms with Crippen LogP contribution in [0.4, 0.5) is 0 Å². The zero-order chi connectivity index (χ0) is 27.2. The predicted octanol–water partition coefficient (Wildman–Crippen LogP) is 3.62. The first kappa shape index (κ1) is 25.4. The molecule has 1 aliphatic carbocycles. The minimum Gasteiger partial charge on any atom is -0.497 e. The maximum atomic E-state index is 13.0. The summed E-state index contributed by atoms with van der Waals surface area (Å²) in [5.74, 6) is -2.98. The second kappa shape index (κ2) is 9.25. The molecular formula is C29H28O9. The third kappa shape index (κ3) is 3.42. The van der Waals surface area contributed by atoms with Gasteiger partial charge < -0.3 is 33.9 Å². The Bertz CT molecular complexity index is 1370. The van der Waals surface area contributed by atoms with Crippen molar-refractivity contribution in [2.24, 2.45) is 5.92 Å². The minimum absolute atomic E-state index is 0.174. The zero-order valence-corrected chi connectivity index (χ0v) is 21.3. The number of carbonyl (C=O) groups is 2. The summed E-state index contributed by atoms with van der Waals surface area (Å²) in [5.41, 5.74) is -2.70. The molecule has 0 unspecified atom stereocenters. The second-order valence-electron chi connectivity index (χ2n) is 9.32. The van der Waals surface area contributed by atoms with Gasteiger partial charge in [-0.05, 0) is 23.3 Å². The molecule has 9 heteroatoms. The van der Waals surface area contributed by atoms with E-state index in [1.807, 2.05) is 6.07 Å². The average Bonchev–Trinajstić information content (AvgIpc) is 3.31. The van der Waals surface area contributed by atoms with Crippen molar-refractivity contribution >= 4 is 11.9 Å². The predicted molar refractivity (Wildman–Crippen MR) is 135 cm³/mol. The lowest BCUT2D eigenvalue weighted by atomic mass is 9.70. The first-order valence-corrected chi connectivity index (χ1v) is 12.0. The first-order chi connectivity index (χ1) is 18.2. The van der Waals surface area contributed by atoms with E-state index in [-0.39, 0.29) is 17.1 Å². The molecule has 38 heavy (non-hydrogen) atoms. The number of fused-ring (bicyclic) bond motifs is 3. The Kier molecular flexibility index (Phi) is 6.19. The number of carboxylic acid groups (broad SMARTS) is 1. The number of aliphatic carboxylic acids is 1. The van der Waals surface area contributed by atoms with Crippen LogP contribution >= 0.6 is 0 Å². The van der Waals surface area contributed by atoms with Crippen LogP contribution in [0.15, 0.2) is 66.7 Å². The fourth-order valence-electron chi connectivity index (χ4n) is 6.09. The van der Waals surface area contributed by atoms with E-state index in [0.29, 0.717) is 22.6 Å². The highest BCUT2D eigenvalue weighted by Gasteiger charge is 2.79. The van der Waals surface area contributed by atoms with Crippen LogP contribution in [0.1, 0.15) is 29.5 Å². The van der Waals surface area contributed by atoms with Gasteiger partial charge in [0.2, 0.25) is 0 Å². The van der Waals surface area contributed by atoms with Crippen LogP contribution in [-0.4, -0.2) is 49.6 Å². The van der Waals surface area contributed by atoms with Crippen molar-refractivity contribution in [2.75, 3.05) is 21.3 Å². The lowest BCUT2D eigenvalue weighted by molar-refractivity contribution is -0.185. The van der Waals surface area contributed by atoms with Gasteiger partial charge in [-0.2, -0.15) is 0 Å². The van der Waals surface area contributed by atoms with E-state index in [0.717, 1.165) is 0 Å². The van der Waals surface area contributed by atoms with Crippen LogP contribution in [0.5, 0.6) is 23.0 Å². The third-order valence-electron chi connectivity index (χ3n) is 7.50. The molecular weight excluding hydrogens is 492 g/mol. The van der Waals surface area contributed by atoms with Crippen molar-refractivity contribution in [1.29, 1.82) is 0 Å². The first-order valence-electron chi connectivity index (χ1n) is 12.0. The number of benzene rings is 3. The quantitative estimate of drug-likeness (QED) is 0.450. The summed E-state index contributed by atoms with van der Waals surface area (Å²) in [7, 11) is 4.44. The Morgan fingerprint density at radius 1 is 0.895 bits per heavy atom. The summed E-state index contributed by atoms with van der Waals surface area (Å²) in [4.78, 5) is 25.4. The van der Waals surface area contributed by atoms with Crippen LogP contribution in [0.25, 0.3) is 0 Å². The summed E-state index contributed by atoms with van der Waals surface area (Å²) >= 11 is 0. The van der Waals surface area contributed by atoms with Gasteiger partial charge in [0, 0.05) is 25.0 Å². The molecule has 2 aliphatic rings. The molecule has 5 rings (SSSR count). The number of ether oxygens (including phenoxy) is 5. The normalized spacial score (nSPS) is 27.0. The van der Waals surface area contributed by atoms with Crippen LogP contribution in [0, 0.1) is 5.92 Å². The number of methoxy groups -OCH3 is 3. The van der Waals surface area contributed by atoms with Crippen molar-refractivity contribution in [3.8, 4) is 23.0 Å². The maximum absolute atomic E-state index is 13.0. The van der Waals surface area contributed by atoms with Gasteiger partial charge in [-0.1, -0.05) is 42.5 Å². The number of hydrogen-bond donors (Lipinski definition) is 2. The van der Waals surface area contributed by atoms with Gasteiger partial charge in [0.15, 0.2) is 17.3 Å². The van der Waals surface area contributed by atoms with Gasteiger partial charge in [-0.3, -0.25) is 9.59 Å². The number of rotatable bonds is 7. The molecule has 0 aromatic heterocycles. The van der Waals surface area contributed by atoms with Gasteiger partial charge in [0.1, 0.15) is 28.9 Å². The van der Waals surface area contributed by atoms with E-state index < -0.39 is 41.1 Å². The molecule has 0 saturated heterocycles. The average molecular weight is 521 g/mol. The number of hydrogen-bond acceptors (Lipinski definition) is 8. The molecule has 1 aliphatic heterocycles. The topological polar surface area (TPSA) is 121 Å². The minimum atomic E-state index is -2.18. The Morgan fingerprint density at radius 2 is 1.55 bits per heavy atom. The molecule has 0 amide bonds. The highest BCUT2D eigenvalue weighted by atomic mass is 16.6. The molecule has 198 valence electrons. The van der Waals surface area contributed by atoms with E-state index in [4.69, 9.17) is 23.7 Å². The largest absolute Gasteiger partial charge is 0.497 e. The number of carboxylic acids is 1. The molecule has 2 N–H and O–H groups in total. The van der Waals surface area contributed by atoms with Crippen molar-refractivity contribution in [2.45, 2.75) is 30.1 Å². The second-order valence-corrected chi connectivity index (χ2v) is 9.32. The van der Waals surface area contributed by atoms with Crippen LogP contribution in [-0.2, 0) is 25.5 Å². The summed E-state index contributed by atoms with van der Waals surface area (Å²) in [6.45, 7) is 1.18. The smallest absolute Gasteiger partial charge is 0.311 e. The highest BCUT2D eigenvalue weighted by Crippen LogP contribution is 2.70. The van der Waals surface area contributed by atoms with Crippen molar-refractivity contribution in [3.05, 3.63) is 83.4 Å². The molecule has 5 atom stereocenters. The van der Waals surface area contributed by atoms with Gasteiger partial charge in [-0.25, -0.2) is 0 Å². The number of carbonyl (C=O) groups excluding carboxylic acids is 1. The highest BCUT2D eigenvalue weighted by molar-refractivity contribution is 5.78. The molecule has 0 radical (unpaired) electrons. The summed E-state index contributed by atoms with van der Waals surface area (Å²) in [6.07, 6.45) is -1.53. The van der Waals surface area contributed by atoms with E-state index >= 15 is 0 Å². The molecule has 3 aromatic carbocycles. The van der Waals surface area contributed by atoms with Gasteiger partial charge >= 0.3 is 11.9 Å². The van der Waals surface area contributed by atoms with Crippen LogP contribution < -0.4 is 18.9 Å². The summed E-state index contributed by atoms with van der Waals surface area (Å²) in [5, 5.41) is 23.5. The Labute approximate surface area is 219 Å². The lowest BCUT2D eigenvalue weighted by Gasteiger charge is -2.41. The number of aliphatic hydroxyl groups is 1. The Hall–Kier alpha value is -4.24. The zero-order valence-electron chi connectivity index (χ0n) is 21.3. The Balaban J connectivity index is 1.92. The summed E-state index contributed by atoms with van der Waals surface area (Å²) < 4.78 is 28.8. The third-order valence-corrected chi connectivity index (χ3v) is 7.50. The van der Waals surface area contributed by atoms with E-state index in [1.165, 1.54) is 28.3 Å². The van der Waals surface area contributed by atoms with E-state index in [1.54, 1.807) is 60.7 Å². The molecule has 0 spiro atoms. The molecule has 1 fully saturated rings. The molecule has 0 bridgehead atoms.